The van der Waals surface area contributed by atoms with Crippen LogP contribution in [0.1, 0.15) is 61.3 Å². The Labute approximate surface area is 174 Å². The number of H-pyrrole nitrogens is 1. The molecule has 29 heavy (non-hydrogen) atoms. The topological polar surface area (TPSA) is 85.2 Å². The largest absolute Gasteiger partial charge is 0.493 e. The van der Waals surface area contributed by atoms with Crippen LogP contribution in [0.3, 0.4) is 0 Å². The zero-order valence-electron chi connectivity index (χ0n) is 17.9. The average molecular weight is 401 g/mol. The van der Waals surface area contributed by atoms with Gasteiger partial charge in [0.25, 0.3) is 0 Å². The summed E-state index contributed by atoms with van der Waals surface area (Å²) in [6.45, 7) is 2.08. The highest BCUT2D eigenvalue weighted by Crippen LogP contribution is 2.43. The molecule has 3 rings (SSSR count). The number of benzene rings is 1. The minimum absolute atomic E-state index is 0.241. The first-order chi connectivity index (χ1) is 14.2. The van der Waals surface area contributed by atoms with Crippen molar-refractivity contribution in [1.29, 1.82) is 0 Å². The van der Waals surface area contributed by atoms with Gasteiger partial charge in [0.1, 0.15) is 0 Å². The van der Waals surface area contributed by atoms with Gasteiger partial charge in [-0.2, -0.15) is 0 Å². The number of nitrogens with zero attached hydrogens (tertiary/aromatic N) is 1. The summed E-state index contributed by atoms with van der Waals surface area (Å²) in [6, 6.07) is 4.46. The van der Waals surface area contributed by atoms with Gasteiger partial charge in [-0.3, -0.25) is 0 Å². The highest BCUT2D eigenvalue weighted by Gasteiger charge is 2.29. The number of hydrogen-bond acceptors (Lipinski definition) is 5. The minimum Gasteiger partial charge on any atom is -0.493 e. The van der Waals surface area contributed by atoms with Crippen LogP contribution < -0.4 is 20.5 Å². The smallest absolute Gasteiger partial charge is 0.164 e. The lowest BCUT2D eigenvalue weighted by atomic mass is 9.76. The van der Waals surface area contributed by atoms with Crippen LogP contribution in [0.5, 0.6) is 11.5 Å². The normalized spacial score (nSPS) is 18.4. The lowest BCUT2D eigenvalue weighted by Gasteiger charge is -2.32. The number of rotatable bonds is 12. The summed E-state index contributed by atoms with van der Waals surface area (Å²) in [4.78, 5) is 7.18. The van der Waals surface area contributed by atoms with Crippen LogP contribution >= 0.6 is 0 Å². The molecule has 1 aromatic heterocycles. The van der Waals surface area contributed by atoms with E-state index in [4.69, 9.17) is 15.2 Å². The second kappa shape index (κ2) is 11.2. The molecule has 0 saturated heterocycles. The van der Waals surface area contributed by atoms with E-state index >= 15 is 0 Å². The predicted molar refractivity (Wildman–Crippen MR) is 117 cm³/mol. The maximum atomic E-state index is 6.50. The van der Waals surface area contributed by atoms with E-state index in [-0.39, 0.29) is 6.04 Å². The Kier molecular flexibility index (Phi) is 8.38. The monoisotopic (exact) mass is 400 g/mol. The number of hydrogen-bond donors (Lipinski definition) is 3. The van der Waals surface area contributed by atoms with Crippen molar-refractivity contribution in [1.82, 2.24) is 15.3 Å². The van der Waals surface area contributed by atoms with Crippen LogP contribution in [0.2, 0.25) is 0 Å². The van der Waals surface area contributed by atoms with Crippen molar-refractivity contribution in [2.24, 2.45) is 5.73 Å². The fraction of sp³-hybridized carbons (Fsp3) is 0.609. The van der Waals surface area contributed by atoms with Crippen molar-refractivity contribution < 1.29 is 9.47 Å². The number of methoxy groups -OCH3 is 2. The summed E-state index contributed by atoms with van der Waals surface area (Å²) in [5, 5.41) is 3.51. The third kappa shape index (κ3) is 5.73. The van der Waals surface area contributed by atoms with Crippen LogP contribution in [0.4, 0.5) is 0 Å². The molecule has 1 aliphatic rings. The first kappa shape index (κ1) is 21.7. The Morgan fingerprint density at radius 3 is 2.76 bits per heavy atom. The number of unbranched alkanes of at least 4 members (excludes halogenated alkanes) is 3. The third-order valence-corrected chi connectivity index (χ3v) is 6.07. The molecular formula is C23H36N4O2. The first-order valence-electron chi connectivity index (χ1n) is 10.9. The molecule has 6 nitrogen and oxygen atoms in total. The predicted octanol–water partition coefficient (Wildman–Crippen LogP) is 3.57. The van der Waals surface area contributed by atoms with Gasteiger partial charge in [-0.25, -0.2) is 4.98 Å². The van der Waals surface area contributed by atoms with Gasteiger partial charge in [-0.05, 0) is 49.8 Å². The van der Waals surface area contributed by atoms with Gasteiger partial charge in [0.15, 0.2) is 11.5 Å². The number of ether oxygens (including phenoxy) is 2. The van der Waals surface area contributed by atoms with Gasteiger partial charge in [0.05, 0.1) is 20.5 Å². The molecule has 160 valence electrons. The minimum atomic E-state index is 0.241. The summed E-state index contributed by atoms with van der Waals surface area (Å²) in [6.07, 6.45) is 12.7. The number of fused-ring (bicyclic) bond motifs is 1. The zero-order chi connectivity index (χ0) is 20.5. The Hall–Kier alpha value is -2.05. The van der Waals surface area contributed by atoms with Crippen LogP contribution in [-0.2, 0) is 12.8 Å². The highest BCUT2D eigenvalue weighted by atomic mass is 16.5. The van der Waals surface area contributed by atoms with Crippen LogP contribution in [0, 0.1) is 0 Å². The van der Waals surface area contributed by atoms with Crippen molar-refractivity contribution in [3.05, 3.63) is 41.5 Å². The Morgan fingerprint density at radius 1 is 1.14 bits per heavy atom. The van der Waals surface area contributed by atoms with Gasteiger partial charge >= 0.3 is 0 Å². The van der Waals surface area contributed by atoms with Crippen molar-refractivity contribution in [2.75, 3.05) is 27.3 Å². The Bertz CT molecular complexity index is 733. The van der Waals surface area contributed by atoms with E-state index in [0.717, 1.165) is 50.3 Å². The van der Waals surface area contributed by atoms with E-state index in [2.05, 4.69) is 21.4 Å². The zero-order valence-corrected chi connectivity index (χ0v) is 17.9. The quantitative estimate of drug-likeness (QED) is 0.474. The lowest BCUT2D eigenvalue weighted by molar-refractivity contribution is 0.343. The Balaban J connectivity index is 1.38. The lowest BCUT2D eigenvalue weighted by Crippen LogP contribution is -2.33. The molecule has 0 fully saturated rings. The molecule has 0 amide bonds. The second-order valence-electron chi connectivity index (χ2n) is 7.96. The second-order valence-corrected chi connectivity index (χ2v) is 7.96. The van der Waals surface area contributed by atoms with Crippen molar-refractivity contribution in [3.63, 3.8) is 0 Å². The van der Waals surface area contributed by atoms with Crippen molar-refractivity contribution in [3.8, 4) is 11.5 Å². The number of aromatic amines is 1. The van der Waals surface area contributed by atoms with E-state index in [9.17, 15) is 0 Å². The van der Waals surface area contributed by atoms with Crippen LogP contribution in [-0.4, -0.2) is 43.3 Å². The molecule has 0 saturated carbocycles. The molecule has 1 aromatic carbocycles. The van der Waals surface area contributed by atoms with Gasteiger partial charge in [0, 0.05) is 36.5 Å². The molecule has 4 N–H and O–H groups in total. The van der Waals surface area contributed by atoms with E-state index in [1.807, 2.05) is 12.3 Å². The number of nitrogens with two attached hydrogens (primary N) is 1. The molecule has 2 atom stereocenters. The number of aromatic nitrogens is 2. The van der Waals surface area contributed by atoms with Crippen molar-refractivity contribution >= 4 is 0 Å². The molecule has 6 heteroatoms. The number of nitrogens with one attached hydrogen (secondary N) is 2. The fourth-order valence-corrected chi connectivity index (χ4v) is 4.46. The summed E-state index contributed by atoms with van der Waals surface area (Å²) >= 11 is 0. The van der Waals surface area contributed by atoms with Crippen LogP contribution in [0.25, 0.3) is 0 Å². The molecule has 1 heterocycles. The molecule has 2 aromatic rings. The summed E-state index contributed by atoms with van der Waals surface area (Å²) in [7, 11) is 3.42. The molecule has 0 radical (unpaired) electrons. The molecule has 0 spiro atoms. The standard InChI is InChI=1S/C23H36N4O2/c1-28-22-11-9-18-19(21(24)10-8-20(18)23(22)29-2)7-5-3-4-6-13-25-14-12-17-15-26-16-27-17/h9,11,15-16,19,21,25H,3-8,10,12-14,24H2,1-2H3,(H,26,27). The number of imidazole rings is 1. The van der Waals surface area contributed by atoms with E-state index in [0.29, 0.717) is 5.92 Å². The molecular weight excluding hydrogens is 364 g/mol. The van der Waals surface area contributed by atoms with Gasteiger partial charge in [-0.15, -0.1) is 0 Å². The molecule has 2 unspecified atom stereocenters. The van der Waals surface area contributed by atoms with Gasteiger partial charge < -0.3 is 25.5 Å². The Morgan fingerprint density at radius 2 is 2.00 bits per heavy atom. The third-order valence-electron chi connectivity index (χ3n) is 6.07. The van der Waals surface area contributed by atoms with Crippen LogP contribution in [0.15, 0.2) is 24.7 Å². The van der Waals surface area contributed by atoms with E-state index < -0.39 is 0 Å². The molecule has 0 bridgehead atoms. The van der Waals surface area contributed by atoms with Gasteiger partial charge in [0.2, 0.25) is 0 Å². The van der Waals surface area contributed by atoms with E-state index in [1.54, 1.807) is 20.5 Å². The molecule has 0 aliphatic heterocycles. The summed E-state index contributed by atoms with van der Waals surface area (Å²) in [5.41, 5.74) is 10.3. The highest BCUT2D eigenvalue weighted by molar-refractivity contribution is 5.53. The molecule has 1 aliphatic carbocycles. The first-order valence-corrected chi connectivity index (χ1v) is 10.9. The van der Waals surface area contributed by atoms with Gasteiger partial charge in [-0.1, -0.05) is 25.3 Å². The summed E-state index contributed by atoms with van der Waals surface area (Å²) < 4.78 is 11.1. The average Bonchev–Trinajstić information content (AvgIpc) is 3.26. The fourth-order valence-electron chi connectivity index (χ4n) is 4.46. The SMILES string of the molecule is COc1ccc2c(c1OC)CCC(N)C2CCCCCCNCCc1cnc[nH]1. The maximum Gasteiger partial charge on any atom is 0.164 e. The summed E-state index contributed by atoms with van der Waals surface area (Å²) in [5.74, 6) is 2.13. The van der Waals surface area contributed by atoms with E-state index in [1.165, 1.54) is 42.5 Å². The van der Waals surface area contributed by atoms with Crippen molar-refractivity contribution in [2.45, 2.75) is 63.3 Å². The maximum absolute atomic E-state index is 6.50.